The van der Waals surface area contributed by atoms with Gasteiger partial charge in [0.05, 0.1) is 35.7 Å². The number of benzene rings is 5. The average molecular weight is 1100 g/mol. The van der Waals surface area contributed by atoms with E-state index in [1.807, 2.05) is 94.4 Å². The molecule has 0 amide bonds. The quantitative estimate of drug-likeness (QED) is 0.131. The maximum atomic E-state index is 12.2. The zero-order chi connectivity index (χ0) is 59.2. The second kappa shape index (κ2) is 28.4. The highest BCUT2D eigenvalue weighted by Crippen LogP contribution is 2.37. The van der Waals surface area contributed by atoms with Gasteiger partial charge in [-0.25, -0.2) is 0 Å². The fraction of sp³-hybridized carbons (Fsp3) is 0.361. The van der Waals surface area contributed by atoms with E-state index in [-0.39, 0.29) is 89.1 Å². The molecule has 412 valence electrons. The number of Topliss-reactive ketones (excluding diaryl/α,β-unsaturated/α-hetero) is 5. The van der Waals surface area contributed by atoms with Gasteiger partial charge >= 0.3 is 0 Å². The monoisotopic (exact) mass is 1100 g/mol. The predicted octanol–water partition coefficient (Wildman–Crippen LogP) is 12.4. The zero-order valence-corrected chi connectivity index (χ0v) is 47.9. The van der Waals surface area contributed by atoms with Crippen molar-refractivity contribution in [1.82, 2.24) is 0 Å². The van der Waals surface area contributed by atoms with Gasteiger partial charge in [0.15, 0.2) is 28.9 Å². The summed E-state index contributed by atoms with van der Waals surface area (Å²) in [5.41, 5.74) is 13.4. The molecule has 0 fully saturated rings. The molecule has 10 rings (SSSR count). The highest BCUT2D eigenvalue weighted by atomic mass is 35.5. The molecule has 5 aromatic carbocycles. The van der Waals surface area contributed by atoms with E-state index in [2.05, 4.69) is 55.6 Å². The van der Waals surface area contributed by atoms with Crippen molar-refractivity contribution in [2.75, 3.05) is 0 Å². The summed E-state index contributed by atoms with van der Waals surface area (Å²) in [6.07, 6.45) is 30.8. The van der Waals surface area contributed by atoms with E-state index >= 15 is 0 Å². The third-order valence-electron chi connectivity index (χ3n) is 16.3. The van der Waals surface area contributed by atoms with Crippen LogP contribution < -0.4 is 0 Å². The van der Waals surface area contributed by atoms with Crippen molar-refractivity contribution in [3.63, 3.8) is 0 Å². The zero-order valence-electron chi connectivity index (χ0n) is 47.2. The fourth-order valence-electron chi connectivity index (χ4n) is 11.6. The normalized spacial score (nSPS) is 20.1. The summed E-state index contributed by atoms with van der Waals surface area (Å²) < 4.78 is 0. The summed E-state index contributed by atoms with van der Waals surface area (Å²) in [5, 5.41) is 29.1. The molecule has 0 saturated carbocycles. The molecule has 5 aromatic rings. The van der Waals surface area contributed by atoms with E-state index in [0.29, 0.717) is 49.1 Å². The number of nitrogens with zero attached hydrogens (tertiary/aromatic N) is 1. The summed E-state index contributed by atoms with van der Waals surface area (Å²) in [6, 6.07) is 30.5. The van der Waals surface area contributed by atoms with Gasteiger partial charge in [-0.15, -0.1) is 61.7 Å². The number of aliphatic hydroxyl groups is 2. The summed E-state index contributed by atoms with van der Waals surface area (Å²) in [7, 11) is 0. The largest absolute Gasteiger partial charge is 0.391 e. The summed E-state index contributed by atoms with van der Waals surface area (Å²) in [4.78, 5) is 60.4. The Bertz CT molecular complexity index is 3130. The number of hydrogen-bond donors (Lipinski definition) is 2. The van der Waals surface area contributed by atoms with Gasteiger partial charge in [0.1, 0.15) is 0 Å². The van der Waals surface area contributed by atoms with E-state index < -0.39 is 12.2 Å². The smallest absolute Gasteiger partial charge is 0.169 e. The van der Waals surface area contributed by atoms with Crippen LogP contribution in [0.15, 0.2) is 91.0 Å². The van der Waals surface area contributed by atoms with Crippen LogP contribution in [0.25, 0.3) is 0 Å². The molecule has 5 aliphatic rings. The van der Waals surface area contributed by atoms with Crippen LogP contribution in [0.5, 0.6) is 0 Å². The Labute approximate surface area is 484 Å². The van der Waals surface area contributed by atoms with Gasteiger partial charge in [0, 0.05) is 82.7 Å². The molecule has 0 aromatic heterocycles. The lowest BCUT2D eigenvalue weighted by molar-refractivity contribution is 0.0715. The Hall–Kier alpha value is -8.05. The lowest BCUT2D eigenvalue weighted by Gasteiger charge is -2.14. The van der Waals surface area contributed by atoms with E-state index in [0.717, 1.165) is 74.0 Å². The molecule has 10 unspecified atom stereocenters. The number of carbonyl (C=O) groups is 5. The van der Waals surface area contributed by atoms with Gasteiger partial charge in [-0.3, -0.25) is 24.0 Å². The van der Waals surface area contributed by atoms with E-state index in [1.54, 1.807) is 18.2 Å². The SMILES string of the molecule is C#CCC(C)C1Cc2cc(C#N)ccc2C1=O.C#CCC(C)C1Cc2cc(C)ccc2C1=O.C#CCC(C)C1Cc2cc(Cl)ccc2C1=O.C#CCC(O)C1Cc2cc(C)ccc2C1=O.C#CCC(O)C1Cc2cc(C)ccc2C1=O. The average Bonchev–Trinajstić information content (AvgIpc) is 4.29. The van der Waals surface area contributed by atoms with Crippen LogP contribution in [0, 0.1) is 141 Å². The number of halogens is 1. The van der Waals surface area contributed by atoms with E-state index in [4.69, 9.17) is 49.0 Å². The molecule has 5 aliphatic carbocycles. The number of hydrogen-bond acceptors (Lipinski definition) is 8. The number of nitriles is 1. The van der Waals surface area contributed by atoms with Crippen LogP contribution in [0.3, 0.4) is 0 Å². The number of terminal acetylenes is 5. The highest BCUT2D eigenvalue weighted by molar-refractivity contribution is 6.30. The maximum Gasteiger partial charge on any atom is 0.169 e. The third-order valence-corrected chi connectivity index (χ3v) is 16.5. The first kappa shape index (κ1) is 62.2. The molecule has 0 bridgehead atoms. The molecule has 0 aliphatic heterocycles. The Morgan fingerprint density at radius 1 is 0.432 bits per heavy atom. The van der Waals surface area contributed by atoms with E-state index in [9.17, 15) is 34.2 Å². The lowest BCUT2D eigenvalue weighted by atomic mass is 9.88. The van der Waals surface area contributed by atoms with Crippen molar-refractivity contribution in [2.24, 2.45) is 47.3 Å². The van der Waals surface area contributed by atoms with Crippen molar-refractivity contribution >= 4 is 40.5 Å². The van der Waals surface area contributed by atoms with Crippen LogP contribution in [0.2, 0.25) is 5.02 Å². The first-order valence-electron chi connectivity index (χ1n) is 27.5. The summed E-state index contributed by atoms with van der Waals surface area (Å²) >= 11 is 5.92. The first-order valence-corrected chi connectivity index (χ1v) is 27.9. The topological polar surface area (TPSA) is 150 Å². The highest BCUT2D eigenvalue weighted by Gasteiger charge is 2.38. The van der Waals surface area contributed by atoms with Gasteiger partial charge in [-0.2, -0.15) is 5.26 Å². The van der Waals surface area contributed by atoms with Crippen molar-refractivity contribution < 1.29 is 34.2 Å². The van der Waals surface area contributed by atoms with Gasteiger partial charge in [-0.1, -0.05) is 104 Å². The third kappa shape index (κ3) is 14.9. The molecule has 10 atom stereocenters. The molecule has 8 nitrogen and oxygen atoms in total. The van der Waals surface area contributed by atoms with Gasteiger partial charge in [0.25, 0.3) is 0 Å². The van der Waals surface area contributed by atoms with Crippen LogP contribution in [0.1, 0.15) is 155 Å². The van der Waals surface area contributed by atoms with Crippen LogP contribution in [-0.4, -0.2) is 51.3 Å². The van der Waals surface area contributed by atoms with Crippen LogP contribution in [0.4, 0.5) is 0 Å². The molecule has 0 heterocycles. The number of ketones is 5. The number of rotatable bonds is 10. The van der Waals surface area contributed by atoms with Gasteiger partial charge in [-0.05, 0) is 135 Å². The number of fused-ring (bicyclic) bond motifs is 5. The molecule has 9 heteroatoms. The standard InChI is InChI=1S/C15H13NO.C15H16O.C14H13ClO.2C14H14O2/c1-3-4-10(2)14-8-12-7-11(9-16)5-6-13(12)15(14)17;1-4-5-11(3)14-9-12-8-10(2)6-7-13(12)15(14)16;1-3-4-9(2)13-8-10-7-11(15)5-6-12(10)14(13)16;2*1-3-4-13(15)12-8-10-7-9(2)5-6-11(10)14(12)16/h1,5-7,10,14H,4,8H2,2H3;1,6-8,11,14H,5,9H2,2-3H3;1,5-7,9,13H,4,8H2,2H3;2*1,5-7,12-13,15H,4,8H2,2H3. The molecule has 0 saturated heterocycles. The Morgan fingerprint density at radius 2 is 0.704 bits per heavy atom. The number of carbonyl (C=O) groups excluding carboxylic acids is 5. The lowest BCUT2D eigenvalue weighted by Crippen LogP contribution is -2.25. The number of aryl methyl sites for hydroxylation is 3. The van der Waals surface area contributed by atoms with Crippen LogP contribution >= 0.6 is 11.6 Å². The van der Waals surface area contributed by atoms with E-state index in [1.165, 1.54) is 11.1 Å². The molecule has 81 heavy (non-hydrogen) atoms. The van der Waals surface area contributed by atoms with Crippen molar-refractivity contribution in [3.8, 4) is 67.8 Å². The Balaban J connectivity index is 0.000000163. The van der Waals surface area contributed by atoms with Crippen molar-refractivity contribution in [1.29, 1.82) is 5.26 Å². The molecule has 0 spiro atoms. The van der Waals surface area contributed by atoms with Crippen molar-refractivity contribution in [2.45, 2.75) is 118 Å². The fourth-order valence-corrected chi connectivity index (χ4v) is 11.8. The molecular weight excluding hydrogens is 1030 g/mol. The summed E-state index contributed by atoms with van der Waals surface area (Å²) in [5.74, 6) is 13.5. The van der Waals surface area contributed by atoms with Gasteiger partial charge in [0.2, 0.25) is 0 Å². The van der Waals surface area contributed by atoms with Gasteiger partial charge < -0.3 is 10.2 Å². The number of aliphatic hydroxyl groups excluding tert-OH is 2. The summed E-state index contributed by atoms with van der Waals surface area (Å²) in [6.45, 7) is 12.2. The minimum atomic E-state index is -0.717. The molecular formula is C72H70ClNO7. The minimum Gasteiger partial charge on any atom is -0.391 e. The second-order valence-corrected chi connectivity index (χ2v) is 22.7. The molecule has 0 radical (unpaired) electrons. The molecule has 2 N–H and O–H groups in total. The second-order valence-electron chi connectivity index (χ2n) is 22.2. The maximum absolute atomic E-state index is 12.2. The first-order chi connectivity index (χ1) is 38.7. The Kier molecular flexibility index (Phi) is 21.8. The minimum absolute atomic E-state index is 0.0185. The van der Waals surface area contributed by atoms with Crippen LogP contribution in [-0.2, 0) is 32.1 Å². The van der Waals surface area contributed by atoms with Crippen molar-refractivity contribution in [3.05, 3.63) is 174 Å². The Morgan fingerprint density at radius 3 is 1.02 bits per heavy atom. The predicted molar refractivity (Wildman–Crippen MR) is 321 cm³/mol.